The van der Waals surface area contributed by atoms with E-state index < -0.39 is 5.63 Å². The average Bonchev–Trinajstić information content (AvgIpc) is 3.01. The van der Waals surface area contributed by atoms with Crippen LogP contribution in [0.25, 0.3) is 22.4 Å². The Morgan fingerprint density at radius 1 is 1.36 bits per heavy atom. The van der Waals surface area contributed by atoms with Crippen LogP contribution in [-0.2, 0) is 0 Å². The third-order valence-electron chi connectivity index (χ3n) is 3.08. The molecule has 0 spiro atoms. The molecule has 0 saturated heterocycles. The molecule has 7 nitrogen and oxygen atoms in total. The summed E-state index contributed by atoms with van der Waals surface area (Å²) in [5.74, 6) is 0.850. The fourth-order valence-corrected chi connectivity index (χ4v) is 2.00. The summed E-state index contributed by atoms with van der Waals surface area (Å²) in [5.41, 5.74) is 0.223. The molecule has 8 heteroatoms. The van der Waals surface area contributed by atoms with Gasteiger partial charge in [0.2, 0.25) is 0 Å². The standard InChI is InChI=1S/C14H14N4O3.Na.H/c1-2-3-7-20-11-6-4-5-9-8-10(13-15-17-18-16-13)14(19)21-12(9)11;;/h4-6,8H,2-3,7H2,1H3,(H,15,16,17,18);;. The Kier molecular flexibility index (Phi) is 5.70. The number of aromatic amines is 1. The van der Waals surface area contributed by atoms with E-state index in [9.17, 15) is 4.79 Å². The minimum absolute atomic E-state index is 0. The molecule has 22 heavy (non-hydrogen) atoms. The second kappa shape index (κ2) is 7.53. The van der Waals surface area contributed by atoms with Gasteiger partial charge in [-0.3, -0.25) is 0 Å². The van der Waals surface area contributed by atoms with E-state index in [1.165, 1.54) is 0 Å². The van der Waals surface area contributed by atoms with Gasteiger partial charge in [-0.2, -0.15) is 0 Å². The Labute approximate surface area is 148 Å². The fourth-order valence-electron chi connectivity index (χ4n) is 2.00. The molecule has 3 rings (SSSR count). The Morgan fingerprint density at radius 2 is 2.23 bits per heavy atom. The molecule has 2 heterocycles. The zero-order valence-corrected chi connectivity index (χ0v) is 11.5. The van der Waals surface area contributed by atoms with Gasteiger partial charge in [0.25, 0.3) is 0 Å². The van der Waals surface area contributed by atoms with Gasteiger partial charge in [0.05, 0.1) is 6.61 Å². The maximum absolute atomic E-state index is 12.1. The minimum atomic E-state index is -0.507. The number of nitrogens with zero attached hydrogens (tertiary/aromatic N) is 3. The molecule has 0 atom stereocenters. The molecule has 0 fully saturated rings. The number of tetrazole rings is 1. The first-order valence-corrected chi connectivity index (χ1v) is 6.73. The van der Waals surface area contributed by atoms with E-state index in [0.717, 1.165) is 18.2 Å². The van der Waals surface area contributed by atoms with Crippen LogP contribution in [0.2, 0.25) is 0 Å². The van der Waals surface area contributed by atoms with Crippen LogP contribution in [0.3, 0.4) is 0 Å². The predicted molar refractivity (Wildman–Crippen MR) is 83.2 cm³/mol. The normalized spacial score (nSPS) is 10.4. The molecular weight excluding hydrogens is 295 g/mol. The van der Waals surface area contributed by atoms with Crippen LogP contribution in [0, 0.1) is 0 Å². The van der Waals surface area contributed by atoms with Gasteiger partial charge in [-0.15, -0.1) is 5.10 Å². The van der Waals surface area contributed by atoms with E-state index >= 15 is 0 Å². The van der Waals surface area contributed by atoms with Gasteiger partial charge in [0, 0.05) is 5.39 Å². The Bertz CT molecular complexity index is 801. The van der Waals surface area contributed by atoms with Crippen LogP contribution in [0.5, 0.6) is 5.75 Å². The molecule has 1 N–H and O–H groups in total. The van der Waals surface area contributed by atoms with Crippen LogP contribution >= 0.6 is 0 Å². The molecule has 0 saturated carbocycles. The van der Waals surface area contributed by atoms with E-state index in [2.05, 4.69) is 27.5 Å². The number of rotatable bonds is 5. The average molecular weight is 310 g/mol. The quantitative estimate of drug-likeness (QED) is 0.436. The summed E-state index contributed by atoms with van der Waals surface area (Å²) in [6.45, 7) is 2.68. The number of aromatic nitrogens is 4. The van der Waals surface area contributed by atoms with Crippen molar-refractivity contribution in [3.8, 4) is 17.1 Å². The van der Waals surface area contributed by atoms with Crippen molar-refractivity contribution in [3.05, 3.63) is 34.7 Å². The third kappa shape index (κ3) is 3.37. The summed E-state index contributed by atoms with van der Waals surface area (Å²) in [5, 5.41) is 14.0. The zero-order valence-electron chi connectivity index (χ0n) is 11.5. The van der Waals surface area contributed by atoms with E-state index in [1.54, 1.807) is 12.1 Å². The summed E-state index contributed by atoms with van der Waals surface area (Å²) in [6.07, 6.45) is 1.99. The van der Waals surface area contributed by atoms with Crippen LogP contribution in [0.4, 0.5) is 0 Å². The third-order valence-corrected chi connectivity index (χ3v) is 3.08. The summed E-state index contributed by atoms with van der Waals surface area (Å²) in [7, 11) is 0. The molecule has 0 amide bonds. The molecule has 3 aromatic rings. The van der Waals surface area contributed by atoms with Crippen molar-refractivity contribution in [1.82, 2.24) is 20.6 Å². The number of hydrogen-bond acceptors (Lipinski definition) is 6. The molecule has 2 aromatic heterocycles. The molecule has 0 aliphatic heterocycles. The van der Waals surface area contributed by atoms with Gasteiger partial charge in [0.1, 0.15) is 5.56 Å². The zero-order chi connectivity index (χ0) is 14.7. The molecule has 110 valence electrons. The number of benzene rings is 1. The second-order valence-electron chi connectivity index (χ2n) is 4.57. The first-order valence-electron chi connectivity index (χ1n) is 6.73. The van der Waals surface area contributed by atoms with Crippen molar-refractivity contribution in [3.63, 3.8) is 0 Å². The van der Waals surface area contributed by atoms with Crippen LogP contribution in [0.1, 0.15) is 19.8 Å². The van der Waals surface area contributed by atoms with Crippen molar-refractivity contribution >= 4 is 40.5 Å². The van der Waals surface area contributed by atoms with E-state index in [-0.39, 0.29) is 35.4 Å². The summed E-state index contributed by atoms with van der Waals surface area (Å²) < 4.78 is 11.0. The van der Waals surface area contributed by atoms with E-state index in [0.29, 0.717) is 23.5 Å². The van der Waals surface area contributed by atoms with Crippen molar-refractivity contribution < 1.29 is 9.15 Å². The van der Waals surface area contributed by atoms with Gasteiger partial charge in [-0.05, 0) is 29.0 Å². The summed E-state index contributed by atoms with van der Waals surface area (Å²) in [4.78, 5) is 12.1. The van der Waals surface area contributed by atoms with Gasteiger partial charge < -0.3 is 9.15 Å². The predicted octanol–water partition coefficient (Wildman–Crippen LogP) is 1.50. The van der Waals surface area contributed by atoms with Crippen molar-refractivity contribution in [2.75, 3.05) is 6.61 Å². The number of para-hydroxylation sites is 1. The topological polar surface area (TPSA) is 93.9 Å². The van der Waals surface area contributed by atoms with Gasteiger partial charge in [-0.25, -0.2) is 9.89 Å². The number of nitrogens with one attached hydrogen (secondary N) is 1. The Hall–Kier alpha value is -1.70. The Balaban J connectivity index is 0.00000176. The van der Waals surface area contributed by atoms with Gasteiger partial charge >= 0.3 is 35.2 Å². The molecule has 1 aromatic carbocycles. The van der Waals surface area contributed by atoms with Crippen molar-refractivity contribution in [2.45, 2.75) is 19.8 Å². The molecule has 0 radical (unpaired) electrons. The number of unbranched alkanes of at least 4 members (excludes halogenated alkanes) is 1. The van der Waals surface area contributed by atoms with Crippen LogP contribution in [-0.4, -0.2) is 56.8 Å². The number of hydrogen-bond donors (Lipinski definition) is 1. The Morgan fingerprint density at radius 3 is 2.95 bits per heavy atom. The van der Waals surface area contributed by atoms with Crippen LogP contribution < -0.4 is 10.4 Å². The monoisotopic (exact) mass is 310 g/mol. The molecule has 0 aliphatic rings. The van der Waals surface area contributed by atoms with Crippen molar-refractivity contribution in [2.24, 2.45) is 0 Å². The fraction of sp³-hybridized carbons (Fsp3) is 0.286. The second-order valence-corrected chi connectivity index (χ2v) is 4.57. The first-order chi connectivity index (χ1) is 10.3. The maximum atomic E-state index is 12.1. The molecule has 0 aliphatic carbocycles. The number of ether oxygens (including phenoxy) is 1. The number of H-pyrrole nitrogens is 1. The van der Waals surface area contributed by atoms with E-state index in [1.807, 2.05) is 12.1 Å². The van der Waals surface area contributed by atoms with Crippen molar-refractivity contribution in [1.29, 1.82) is 0 Å². The summed E-state index contributed by atoms with van der Waals surface area (Å²) >= 11 is 0. The van der Waals surface area contributed by atoms with Gasteiger partial charge in [-0.1, -0.05) is 25.5 Å². The number of fused-ring (bicyclic) bond motifs is 1. The summed E-state index contributed by atoms with van der Waals surface area (Å²) in [6, 6.07) is 7.18. The molecule has 0 unspecified atom stereocenters. The first kappa shape index (κ1) is 16.7. The van der Waals surface area contributed by atoms with Crippen LogP contribution in [0.15, 0.2) is 33.5 Å². The SMILES string of the molecule is CCCCOc1cccc2cc(-c3nnn[nH]3)c(=O)oc12.[NaH]. The van der Waals surface area contributed by atoms with E-state index in [4.69, 9.17) is 9.15 Å². The van der Waals surface area contributed by atoms with Gasteiger partial charge in [0.15, 0.2) is 17.2 Å². The molecule has 0 bridgehead atoms. The molecular formula is C14H15N4NaO3.